The lowest BCUT2D eigenvalue weighted by Crippen LogP contribution is -2.21. The number of hydrogen-bond donors (Lipinski definition) is 1. The van der Waals surface area contributed by atoms with E-state index in [1.165, 1.54) is 11.3 Å². The molecule has 0 unspecified atom stereocenters. The molecule has 0 aliphatic carbocycles. The van der Waals surface area contributed by atoms with Gasteiger partial charge >= 0.3 is 0 Å². The number of primary amides is 1. The number of amides is 1. The number of nitriles is 1. The first-order valence-corrected chi connectivity index (χ1v) is 6.48. The Labute approximate surface area is 119 Å². The highest BCUT2D eigenvalue weighted by Gasteiger charge is 2.07. The van der Waals surface area contributed by atoms with Gasteiger partial charge in [-0.2, -0.15) is 5.26 Å². The van der Waals surface area contributed by atoms with E-state index in [-0.39, 0.29) is 6.61 Å². The Morgan fingerprint density at radius 1 is 1.45 bits per heavy atom. The van der Waals surface area contributed by atoms with E-state index in [2.05, 4.69) is 10.1 Å². The molecule has 0 radical (unpaired) electrons. The highest BCUT2D eigenvalue weighted by atomic mass is 32.1. The number of nitrogens with two attached hydrogens (primary N) is 1. The van der Waals surface area contributed by atoms with Crippen LogP contribution in [-0.2, 0) is 16.2 Å². The van der Waals surface area contributed by atoms with E-state index in [1.807, 2.05) is 35.7 Å². The third kappa shape index (κ3) is 3.40. The predicted octanol–water partition coefficient (Wildman–Crippen LogP) is 1.69. The van der Waals surface area contributed by atoms with Gasteiger partial charge in [0.2, 0.25) is 5.71 Å². The van der Waals surface area contributed by atoms with Crippen LogP contribution in [-0.4, -0.2) is 16.6 Å². The summed E-state index contributed by atoms with van der Waals surface area (Å²) < 4.78 is 0. The number of nitrogens with zero attached hydrogens (tertiary/aromatic N) is 3. The van der Waals surface area contributed by atoms with Gasteiger partial charge in [0.25, 0.3) is 5.91 Å². The predicted molar refractivity (Wildman–Crippen MR) is 74.6 cm³/mol. The summed E-state index contributed by atoms with van der Waals surface area (Å²) in [6.45, 7) is 0.0712. The van der Waals surface area contributed by atoms with E-state index in [4.69, 9.17) is 15.8 Å². The lowest BCUT2D eigenvalue weighted by molar-refractivity contribution is -0.112. The van der Waals surface area contributed by atoms with Crippen molar-refractivity contribution in [3.05, 3.63) is 41.4 Å². The van der Waals surface area contributed by atoms with Crippen LogP contribution < -0.4 is 5.73 Å². The minimum absolute atomic E-state index is 0.0712. The molecular formula is C13H10N4O2S. The lowest BCUT2D eigenvalue weighted by Gasteiger charge is -1.96. The lowest BCUT2D eigenvalue weighted by atomic mass is 10.2. The van der Waals surface area contributed by atoms with Crippen LogP contribution in [0.2, 0.25) is 0 Å². The second-order valence-corrected chi connectivity index (χ2v) is 4.56. The maximum Gasteiger partial charge on any atom is 0.281 e. The first kappa shape index (κ1) is 13.7. The van der Waals surface area contributed by atoms with Gasteiger partial charge in [-0.1, -0.05) is 35.5 Å². The molecule has 0 saturated heterocycles. The van der Waals surface area contributed by atoms with Crippen molar-refractivity contribution in [2.45, 2.75) is 6.61 Å². The van der Waals surface area contributed by atoms with Gasteiger partial charge in [-0.05, 0) is 0 Å². The van der Waals surface area contributed by atoms with Gasteiger partial charge in [-0.25, -0.2) is 4.98 Å². The molecule has 2 N–H and O–H groups in total. The molecule has 0 saturated carbocycles. The Bertz CT molecular complexity index is 673. The fourth-order valence-corrected chi connectivity index (χ4v) is 2.18. The van der Waals surface area contributed by atoms with Crippen LogP contribution in [0.1, 0.15) is 5.69 Å². The molecule has 0 spiro atoms. The van der Waals surface area contributed by atoms with Crippen molar-refractivity contribution in [3.63, 3.8) is 0 Å². The summed E-state index contributed by atoms with van der Waals surface area (Å²) in [7, 11) is 0. The molecule has 7 heteroatoms. The number of rotatable bonds is 5. The Hall–Kier alpha value is -2.72. The molecule has 100 valence electrons. The molecule has 0 aliphatic rings. The molecule has 0 aliphatic heterocycles. The standard InChI is InChI=1S/C13H10N4O2S/c14-6-11(12(15)18)17-19-7-10-8-20-13(16-10)9-4-2-1-3-5-9/h1-5,8H,7H2,(H2,15,18). The van der Waals surface area contributed by atoms with Crippen LogP contribution in [0, 0.1) is 11.3 Å². The molecule has 2 rings (SSSR count). The zero-order valence-corrected chi connectivity index (χ0v) is 11.1. The van der Waals surface area contributed by atoms with Gasteiger partial charge in [0.1, 0.15) is 11.1 Å². The van der Waals surface area contributed by atoms with E-state index in [0.29, 0.717) is 5.69 Å². The van der Waals surface area contributed by atoms with Gasteiger partial charge in [-0.3, -0.25) is 4.79 Å². The summed E-state index contributed by atoms with van der Waals surface area (Å²) in [6.07, 6.45) is 0. The Morgan fingerprint density at radius 3 is 2.85 bits per heavy atom. The minimum atomic E-state index is -0.921. The maximum absolute atomic E-state index is 10.7. The fourth-order valence-electron chi connectivity index (χ4n) is 1.37. The number of carbonyl (C=O) groups is 1. The molecule has 0 fully saturated rings. The number of oxime groups is 1. The zero-order valence-electron chi connectivity index (χ0n) is 10.3. The van der Waals surface area contributed by atoms with E-state index in [1.54, 1.807) is 6.07 Å². The summed E-state index contributed by atoms with van der Waals surface area (Å²) in [5.41, 5.74) is 6.13. The molecule has 1 aromatic heterocycles. The van der Waals surface area contributed by atoms with Gasteiger partial charge < -0.3 is 10.6 Å². The number of carbonyl (C=O) groups excluding carboxylic acids is 1. The monoisotopic (exact) mass is 286 g/mol. The van der Waals surface area contributed by atoms with Crippen LogP contribution in [0.4, 0.5) is 0 Å². The average molecular weight is 286 g/mol. The minimum Gasteiger partial charge on any atom is -0.388 e. The molecule has 1 aromatic carbocycles. The number of benzene rings is 1. The molecule has 2 aromatic rings. The molecule has 1 amide bonds. The number of aromatic nitrogens is 1. The maximum atomic E-state index is 10.7. The van der Waals surface area contributed by atoms with Gasteiger partial charge in [-0.15, -0.1) is 11.3 Å². The molecule has 0 bridgehead atoms. The molecule has 0 atom stereocenters. The second-order valence-electron chi connectivity index (χ2n) is 3.70. The quantitative estimate of drug-likeness (QED) is 0.667. The van der Waals surface area contributed by atoms with Gasteiger partial charge in [0.15, 0.2) is 6.61 Å². The first-order chi connectivity index (χ1) is 9.70. The highest BCUT2D eigenvalue weighted by molar-refractivity contribution is 7.13. The highest BCUT2D eigenvalue weighted by Crippen LogP contribution is 2.23. The van der Waals surface area contributed by atoms with Gasteiger partial charge in [0, 0.05) is 10.9 Å². The van der Waals surface area contributed by atoms with Crippen molar-refractivity contribution < 1.29 is 9.63 Å². The van der Waals surface area contributed by atoms with E-state index >= 15 is 0 Å². The Balaban J connectivity index is 2.01. The molecule has 6 nitrogen and oxygen atoms in total. The number of hydrogen-bond acceptors (Lipinski definition) is 6. The van der Waals surface area contributed by atoms with Crippen molar-refractivity contribution >= 4 is 23.0 Å². The van der Waals surface area contributed by atoms with Crippen LogP contribution in [0.5, 0.6) is 0 Å². The first-order valence-electron chi connectivity index (χ1n) is 5.60. The topological polar surface area (TPSA) is 101 Å². The fraction of sp³-hybridized carbons (Fsp3) is 0.0769. The van der Waals surface area contributed by atoms with Crippen LogP contribution >= 0.6 is 11.3 Å². The van der Waals surface area contributed by atoms with Crippen molar-refractivity contribution in [1.82, 2.24) is 4.98 Å². The summed E-state index contributed by atoms with van der Waals surface area (Å²) in [6, 6.07) is 11.3. The number of thiazole rings is 1. The summed E-state index contributed by atoms with van der Waals surface area (Å²) in [4.78, 5) is 20.0. The largest absolute Gasteiger partial charge is 0.388 e. The molecule has 1 heterocycles. The van der Waals surface area contributed by atoms with E-state index in [9.17, 15) is 4.79 Å². The Kier molecular flexibility index (Phi) is 4.42. The SMILES string of the molecule is N#CC(=NOCc1csc(-c2ccccc2)n1)C(N)=O. The van der Waals surface area contributed by atoms with Crippen molar-refractivity contribution in [1.29, 1.82) is 5.26 Å². The third-order valence-corrected chi connectivity index (χ3v) is 3.22. The van der Waals surface area contributed by atoms with Crippen LogP contribution in [0.25, 0.3) is 10.6 Å². The second kappa shape index (κ2) is 6.45. The zero-order chi connectivity index (χ0) is 14.4. The van der Waals surface area contributed by atoms with E-state index in [0.717, 1.165) is 10.6 Å². The average Bonchev–Trinajstić information content (AvgIpc) is 2.93. The van der Waals surface area contributed by atoms with Crippen molar-refractivity contribution in [3.8, 4) is 16.6 Å². The molecule has 20 heavy (non-hydrogen) atoms. The van der Waals surface area contributed by atoms with Gasteiger partial charge in [0.05, 0.1) is 5.69 Å². The molecular weight excluding hydrogens is 276 g/mol. The summed E-state index contributed by atoms with van der Waals surface area (Å²) in [5.74, 6) is -0.921. The summed E-state index contributed by atoms with van der Waals surface area (Å²) in [5, 5.41) is 14.6. The van der Waals surface area contributed by atoms with E-state index < -0.39 is 11.6 Å². The van der Waals surface area contributed by atoms with Crippen molar-refractivity contribution in [2.75, 3.05) is 0 Å². The van der Waals surface area contributed by atoms with Crippen LogP contribution in [0.3, 0.4) is 0 Å². The third-order valence-electron chi connectivity index (χ3n) is 2.28. The smallest absolute Gasteiger partial charge is 0.281 e. The Morgan fingerprint density at radius 2 is 2.20 bits per heavy atom. The normalized spacial score (nSPS) is 10.8. The summed E-state index contributed by atoms with van der Waals surface area (Å²) >= 11 is 1.48. The van der Waals surface area contributed by atoms with Crippen molar-refractivity contribution in [2.24, 2.45) is 10.9 Å². The van der Waals surface area contributed by atoms with Crippen LogP contribution in [0.15, 0.2) is 40.9 Å².